The molecule has 2 aliphatic rings. The Morgan fingerprint density at radius 2 is 1.56 bits per heavy atom. The van der Waals surface area contributed by atoms with Crippen molar-refractivity contribution < 1.29 is 50.0 Å². The van der Waals surface area contributed by atoms with Crippen LogP contribution in [0.4, 0.5) is 0 Å². The fraction of sp³-hybridized carbons (Fsp3) is 1.00. The van der Waals surface area contributed by atoms with E-state index in [-0.39, 0.29) is 6.54 Å². The third-order valence-corrected chi connectivity index (χ3v) is 4.12. The van der Waals surface area contributed by atoms with Crippen LogP contribution in [0.5, 0.6) is 0 Å². The maximum Gasteiger partial charge on any atom is 0.187 e. The third-order valence-electron chi connectivity index (χ3n) is 4.12. The van der Waals surface area contributed by atoms with Crippen molar-refractivity contribution in [3.8, 4) is 0 Å². The highest BCUT2D eigenvalue weighted by molar-refractivity contribution is 4.94. The summed E-state index contributed by atoms with van der Waals surface area (Å²) in [5.41, 5.74) is 8.40. The van der Waals surface area contributed by atoms with Gasteiger partial charge in [-0.2, -0.15) is 0 Å². The highest BCUT2D eigenvalue weighted by atomic mass is 16.7. The van der Waals surface area contributed by atoms with E-state index < -0.39 is 68.0 Å². The summed E-state index contributed by atoms with van der Waals surface area (Å²) in [4.78, 5) is 2.52. The fourth-order valence-electron chi connectivity index (χ4n) is 2.69. The molecule has 0 aromatic carbocycles. The van der Waals surface area contributed by atoms with Crippen LogP contribution < -0.4 is 0 Å². The lowest BCUT2D eigenvalue weighted by Crippen LogP contribution is -2.64. The molecule has 0 bridgehead atoms. The molecule has 2 aliphatic heterocycles. The summed E-state index contributed by atoms with van der Waals surface area (Å²) in [5.74, 6) is 0. The van der Waals surface area contributed by atoms with Crippen molar-refractivity contribution in [2.45, 2.75) is 61.4 Å². The molecule has 0 aromatic heterocycles. The molecule has 2 fully saturated rings. The van der Waals surface area contributed by atoms with E-state index in [1.54, 1.807) is 0 Å². The second kappa shape index (κ2) is 8.53. The van der Waals surface area contributed by atoms with Crippen LogP contribution in [-0.2, 0) is 14.2 Å². The van der Waals surface area contributed by atoms with E-state index in [9.17, 15) is 30.6 Å². The monoisotopic (exact) mass is 367 g/mol. The molecule has 25 heavy (non-hydrogen) atoms. The van der Waals surface area contributed by atoms with Gasteiger partial charge in [0.05, 0.1) is 19.3 Å². The summed E-state index contributed by atoms with van der Waals surface area (Å²) in [6, 6.07) is 0. The van der Waals surface area contributed by atoms with Crippen molar-refractivity contribution in [2.75, 3.05) is 13.2 Å². The molecule has 0 saturated carbocycles. The predicted molar refractivity (Wildman–Crippen MR) is 75.5 cm³/mol. The smallest absolute Gasteiger partial charge is 0.187 e. The van der Waals surface area contributed by atoms with Crippen LogP contribution in [0.25, 0.3) is 10.4 Å². The Morgan fingerprint density at radius 1 is 0.880 bits per heavy atom. The molecular formula is C12H21N3O10. The third kappa shape index (κ3) is 4.19. The van der Waals surface area contributed by atoms with Crippen LogP contribution in [0.1, 0.15) is 0 Å². The number of rotatable bonds is 5. The maximum absolute atomic E-state index is 10.1. The predicted octanol–water partition coefficient (Wildman–Crippen LogP) is -4.08. The molecular weight excluding hydrogens is 346 g/mol. The summed E-state index contributed by atoms with van der Waals surface area (Å²) < 4.78 is 15.5. The van der Waals surface area contributed by atoms with Crippen molar-refractivity contribution in [3.63, 3.8) is 0 Å². The van der Waals surface area contributed by atoms with Gasteiger partial charge in [-0.05, 0) is 5.53 Å². The number of aliphatic hydroxyl groups is 7. The number of aliphatic hydroxyl groups excluding tert-OH is 7. The number of hydrogen-bond acceptors (Lipinski definition) is 11. The van der Waals surface area contributed by atoms with Crippen molar-refractivity contribution in [2.24, 2.45) is 5.11 Å². The van der Waals surface area contributed by atoms with Gasteiger partial charge in [-0.25, -0.2) is 0 Å². The van der Waals surface area contributed by atoms with E-state index in [1.165, 1.54) is 0 Å². The zero-order valence-electron chi connectivity index (χ0n) is 12.9. The molecule has 0 spiro atoms. The molecule has 13 nitrogen and oxygen atoms in total. The zero-order chi connectivity index (χ0) is 18.7. The van der Waals surface area contributed by atoms with Crippen LogP contribution in [0.2, 0.25) is 0 Å². The quantitative estimate of drug-likeness (QED) is 0.141. The van der Waals surface area contributed by atoms with Crippen molar-refractivity contribution in [3.05, 3.63) is 10.4 Å². The average Bonchev–Trinajstić information content (AvgIpc) is 2.60. The zero-order valence-corrected chi connectivity index (χ0v) is 12.9. The normalized spacial score (nSPS) is 48.0. The average molecular weight is 367 g/mol. The lowest BCUT2D eigenvalue weighted by atomic mass is 9.97. The number of ether oxygens (including phenoxy) is 3. The second-order valence-corrected chi connectivity index (χ2v) is 5.76. The largest absolute Gasteiger partial charge is 0.394 e. The Hall–Kier alpha value is -1.09. The highest BCUT2D eigenvalue weighted by Crippen LogP contribution is 2.28. The topological polar surface area (TPSA) is 218 Å². The molecule has 7 N–H and O–H groups in total. The standard InChI is InChI=1S/C12H21N3O10/c13-15-14-1-3-10(7(19)8(20)11(22)23-3)25-12-9(21)6(18)5(17)4(2-16)24-12/h3-12,16-22H,1-2H2/t3-,4-,5-,6+,7-,8-,9-,10-,11?,12+/m1/s1. The summed E-state index contributed by atoms with van der Waals surface area (Å²) in [6.07, 6.45) is -15.7. The molecule has 0 aromatic rings. The van der Waals surface area contributed by atoms with Gasteiger partial charge < -0.3 is 50.0 Å². The van der Waals surface area contributed by atoms with Crippen LogP contribution in [-0.4, -0.2) is 110 Å². The molecule has 10 atom stereocenters. The maximum atomic E-state index is 10.1. The van der Waals surface area contributed by atoms with Gasteiger partial charge in [0, 0.05) is 4.91 Å². The van der Waals surface area contributed by atoms with Gasteiger partial charge in [-0.15, -0.1) is 0 Å². The minimum absolute atomic E-state index is 0.376. The first kappa shape index (κ1) is 20.2. The first-order valence-electron chi connectivity index (χ1n) is 7.48. The Bertz CT molecular complexity index is 490. The molecule has 0 aliphatic carbocycles. The minimum Gasteiger partial charge on any atom is -0.394 e. The minimum atomic E-state index is -1.76. The molecule has 2 saturated heterocycles. The Balaban J connectivity index is 2.16. The van der Waals surface area contributed by atoms with Crippen LogP contribution in [0.15, 0.2) is 5.11 Å². The molecule has 1 unspecified atom stereocenters. The molecule has 2 rings (SSSR count). The first-order chi connectivity index (χ1) is 11.8. The van der Waals surface area contributed by atoms with Crippen LogP contribution in [0, 0.1) is 0 Å². The van der Waals surface area contributed by atoms with Gasteiger partial charge in [0.25, 0.3) is 0 Å². The summed E-state index contributed by atoms with van der Waals surface area (Å²) in [6.45, 7) is -1.06. The molecule has 0 radical (unpaired) electrons. The van der Waals surface area contributed by atoms with Gasteiger partial charge in [0.1, 0.15) is 42.7 Å². The van der Waals surface area contributed by atoms with Gasteiger partial charge in [-0.3, -0.25) is 0 Å². The van der Waals surface area contributed by atoms with Gasteiger partial charge in [0.15, 0.2) is 12.6 Å². The van der Waals surface area contributed by atoms with Gasteiger partial charge in [-0.1, -0.05) is 5.11 Å². The molecule has 2 heterocycles. The summed E-state index contributed by atoms with van der Waals surface area (Å²) >= 11 is 0. The van der Waals surface area contributed by atoms with Crippen molar-refractivity contribution >= 4 is 0 Å². The van der Waals surface area contributed by atoms with E-state index in [1.807, 2.05) is 0 Å². The van der Waals surface area contributed by atoms with E-state index >= 15 is 0 Å². The van der Waals surface area contributed by atoms with E-state index in [2.05, 4.69) is 10.0 Å². The fourth-order valence-corrected chi connectivity index (χ4v) is 2.69. The summed E-state index contributed by atoms with van der Waals surface area (Å²) in [7, 11) is 0. The number of azide groups is 1. The second-order valence-electron chi connectivity index (χ2n) is 5.76. The lowest BCUT2D eigenvalue weighted by molar-refractivity contribution is -0.352. The van der Waals surface area contributed by atoms with Gasteiger partial charge >= 0.3 is 0 Å². The molecule has 13 heteroatoms. The van der Waals surface area contributed by atoms with Crippen molar-refractivity contribution in [1.82, 2.24) is 0 Å². The summed E-state index contributed by atoms with van der Waals surface area (Å²) in [5, 5.41) is 71.2. The van der Waals surface area contributed by atoms with Crippen LogP contribution in [0.3, 0.4) is 0 Å². The number of nitrogens with zero attached hydrogens (tertiary/aromatic N) is 3. The van der Waals surface area contributed by atoms with Crippen LogP contribution >= 0.6 is 0 Å². The highest BCUT2D eigenvalue weighted by Gasteiger charge is 2.50. The number of hydrogen-bond donors (Lipinski definition) is 7. The van der Waals surface area contributed by atoms with Gasteiger partial charge in [0.2, 0.25) is 0 Å². The van der Waals surface area contributed by atoms with E-state index in [4.69, 9.17) is 24.8 Å². The van der Waals surface area contributed by atoms with E-state index in [0.29, 0.717) is 0 Å². The van der Waals surface area contributed by atoms with Crippen molar-refractivity contribution in [1.29, 1.82) is 0 Å². The molecule has 144 valence electrons. The Labute approximate surface area is 141 Å². The first-order valence-corrected chi connectivity index (χ1v) is 7.48. The van der Waals surface area contributed by atoms with E-state index in [0.717, 1.165) is 0 Å². The Morgan fingerprint density at radius 3 is 2.16 bits per heavy atom. The SMILES string of the molecule is [N-]=[N+]=NC[C@H]1OC(O)[C@H](O)[C@@H](O)[C@@H]1O[C@@H]1O[C@H](CO)[C@@H](O)[C@H](O)[C@H]1O. The Kier molecular flexibility index (Phi) is 6.90. The molecule has 0 amide bonds. The lowest BCUT2D eigenvalue weighted by Gasteiger charge is -2.45.